The predicted molar refractivity (Wildman–Crippen MR) is 36.7 cm³/mol. The zero-order valence-corrected chi connectivity index (χ0v) is 6.12. The Balaban J connectivity index is 3.45. The van der Waals surface area contributed by atoms with Gasteiger partial charge in [-0.1, -0.05) is 0 Å². The third-order valence-electron chi connectivity index (χ3n) is 1.14. The van der Waals surface area contributed by atoms with Gasteiger partial charge in [-0.25, -0.2) is 9.48 Å². The molecule has 0 spiro atoms. The molecule has 1 aromatic rings. The van der Waals surface area contributed by atoms with Gasteiger partial charge in [-0.3, -0.25) is 9.78 Å². The summed E-state index contributed by atoms with van der Waals surface area (Å²) in [4.78, 5) is 23.5. The highest BCUT2D eigenvalue weighted by molar-refractivity contribution is 4.98. The third kappa shape index (κ3) is 1.28. The van der Waals surface area contributed by atoms with E-state index in [0.29, 0.717) is 0 Å². The lowest BCUT2D eigenvalue weighted by Crippen LogP contribution is -2.31. The molecule has 0 radical (unpaired) electrons. The van der Waals surface area contributed by atoms with E-state index in [9.17, 15) is 9.59 Å². The van der Waals surface area contributed by atoms with Gasteiger partial charge in [0.2, 0.25) is 0 Å². The van der Waals surface area contributed by atoms with Crippen molar-refractivity contribution in [3.63, 3.8) is 0 Å². The molecule has 11 heavy (non-hydrogen) atoms. The molecule has 0 saturated heterocycles. The van der Waals surface area contributed by atoms with E-state index in [2.05, 4.69) is 9.84 Å². The first-order valence-electron chi connectivity index (χ1n) is 2.87. The van der Waals surface area contributed by atoms with Crippen LogP contribution in [0.1, 0.15) is 0 Å². The van der Waals surface area contributed by atoms with Gasteiger partial charge in [0.05, 0.1) is 7.11 Å². The number of nitrogens with zero attached hydrogens (tertiary/aromatic N) is 2. The van der Waals surface area contributed by atoms with E-state index in [1.807, 2.05) is 4.98 Å². The van der Waals surface area contributed by atoms with Crippen molar-refractivity contribution in [3.8, 4) is 5.88 Å². The minimum absolute atomic E-state index is 0.118. The quantitative estimate of drug-likeness (QED) is 0.537. The van der Waals surface area contributed by atoms with Crippen LogP contribution in [0, 0.1) is 0 Å². The molecular formula is C5H7N3O3. The van der Waals surface area contributed by atoms with E-state index in [1.165, 1.54) is 14.2 Å². The molecule has 1 N–H and O–H groups in total. The topological polar surface area (TPSA) is 77.0 Å². The lowest BCUT2D eigenvalue weighted by Gasteiger charge is -1.97. The number of aromatic amines is 1. The average molecular weight is 157 g/mol. The predicted octanol–water partition coefficient (Wildman–Crippen LogP) is -1.52. The molecule has 0 atom stereocenters. The molecular weight excluding hydrogens is 150 g/mol. The molecule has 1 rings (SSSR count). The highest BCUT2D eigenvalue weighted by atomic mass is 16.5. The van der Waals surface area contributed by atoms with E-state index in [1.54, 1.807) is 0 Å². The van der Waals surface area contributed by atoms with Crippen LogP contribution >= 0.6 is 0 Å². The first-order chi connectivity index (χ1) is 5.15. The van der Waals surface area contributed by atoms with Gasteiger partial charge in [-0.15, -0.1) is 5.10 Å². The third-order valence-corrected chi connectivity index (χ3v) is 1.14. The molecule has 0 aromatic carbocycles. The Morgan fingerprint density at radius 2 is 2.18 bits per heavy atom. The number of rotatable bonds is 1. The number of hydrogen-bond donors (Lipinski definition) is 1. The Labute approximate surface area is 61.4 Å². The van der Waals surface area contributed by atoms with Gasteiger partial charge in [0.1, 0.15) is 0 Å². The first-order valence-corrected chi connectivity index (χ1v) is 2.87. The Morgan fingerprint density at radius 1 is 1.55 bits per heavy atom. The van der Waals surface area contributed by atoms with E-state index >= 15 is 0 Å². The van der Waals surface area contributed by atoms with Crippen molar-refractivity contribution in [2.24, 2.45) is 7.05 Å². The molecule has 1 heterocycles. The van der Waals surface area contributed by atoms with Crippen molar-refractivity contribution in [2.45, 2.75) is 0 Å². The van der Waals surface area contributed by atoms with E-state index in [4.69, 9.17) is 0 Å². The zero-order chi connectivity index (χ0) is 8.43. The maximum Gasteiger partial charge on any atom is 0.344 e. The maximum absolute atomic E-state index is 10.8. The molecule has 6 heteroatoms. The summed E-state index contributed by atoms with van der Waals surface area (Å²) >= 11 is 0. The number of nitrogens with one attached hydrogen (secondary N) is 1. The second-order valence-electron chi connectivity index (χ2n) is 1.89. The lowest BCUT2D eigenvalue weighted by atomic mass is 10.8. The second-order valence-corrected chi connectivity index (χ2v) is 1.89. The molecule has 0 fully saturated rings. The molecule has 0 aliphatic rings. The summed E-state index contributed by atoms with van der Waals surface area (Å²) < 4.78 is 5.55. The van der Waals surface area contributed by atoms with Crippen LogP contribution in [0.4, 0.5) is 0 Å². The fourth-order valence-electron chi connectivity index (χ4n) is 0.592. The number of methoxy groups -OCH3 is 1. The summed E-state index contributed by atoms with van der Waals surface area (Å²) in [6.07, 6.45) is 0. The fourth-order valence-corrected chi connectivity index (χ4v) is 0.592. The minimum Gasteiger partial charge on any atom is -0.476 e. The lowest BCUT2D eigenvalue weighted by molar-refractivity contribution is 0.371. The summed E-state index contributed by atoms with van der Waals surface area (Å²) in [5, 5.41) is 3.53. The standard InChI is InChI=1S/C5H7N3O3/c1-8-5(10)6-3(9)4(7-8)11-2/h1-2H3,(H,6,9,10). The fraction of sp³-hybridized carbons (Fsp3) is 0.400. The average Bonchev–Trinajstić information content (AvgIpc) is 1.97. The maximum atomic E-state index is 10.8. The second kappa shape index (κ2) is 2.57. The Kier molecular flexibility index (Phi) is 1.75. The Morgan fingerprint density at radius 3 is 2.73 bits per heavy atom. The Bertz CT molecular complexity index is 364. The van der Waals surface area contributed by atoms with Gasteiger partial charge in [-0.2, -0.15) is 0 Å². The first kappa shape index (κ1) is 7.52. The van der Waals surface area contributed by atoms with E-state index in [0.717, 1.165) is 4.68 Å². The number of aromatic nitrogens is 3. The molecule has 60 valence electrons. The van der Waals surface area contributed by atoms with Crippen LogP contribution in [0.25, 0.3) is 0 Å². The summed E-state index contributed by atoms with van der Waals surface area (Å²) in [5.74, 6) is -0.118. The number of aryl methyl sites for hydroxylation is 1. The highest BCUT2D eigenvalue weighted by Crippen LogP contribution is 1.86. The molecule has 0 aliphatic heterocycles. The van der Waals surface area contributed by atoms with Crippen molar-refractivity contribution in [3.05, 3.63) is 20.8 Å². The normalized spacial score (nSPS) is 9.64. The molecule has 0 amide bonds. The van der Waals surface area contributed by atoms with Crippen molar-refractivity contribution in [1.29, 1.82) is 0 Å². The van der Waals surface area contributed by atoms with Crippen LogP contribution in [0.3, 0.4) is 0 Å². The van der Waals surface area contributed by atoms with Crippen LogP contribution < -0.4 is 16.0 Å². The van der Waals surface area contributed by atoms with Gasteiger partial charge >= 0.3 is 11.2 Å². The number of hydrogen-bond acceptors (Lipinski definition) is 4. The smallest absolute Gasteiger partial charge is 0.344 e. The van der Waals surface area contributed by atoms with Gasteiger partial charge in [0, 0.05) is 7.05 Å². The van der Waals surface area contributed by atoms with Gasteiger partial charge in [0.25, 0.3) is 5.88 Å². The van der Waals surface area contributed by atoms with Gasteiger partial charge in [-0.05, 0) is 0 Å². The molecule has 1 aromatic heterocycles. The van der Waals surface area contributed by atoms with Gasteiger partial charge < -0.3 is 4.74 Å². The van der Waals surface area contributed by atoms with Crippen molar-refractivity contribution in [1.82, 2.24) is 14.8 Å². The molecule has 0 aliphatic carbocycles. The largest absolute Gasteiger partial charge is 0.476 e. The summed E-state index contributed by atoms with van der Waals surface area (Å²) in [7, 11) is 2.73. The number of H-pyrrole nitrogens is 1. The monoisotopic (exact) mass is 157 g/mol. The summed E-state index contributed by atoms with van der Waals surface area (Å²) in [6, 6.07) is 0. The zero-order valence-electron chi connectivity index (χ0n) is 6.12. The minimum atomic E-state index is -0.615. The molecule has 6 nitrogen and oxygen atoms in total. The van der Waals surface area contributed by atoms with Crippen LogP contribution in [0.5, 0.6) is 5.88 Å². The molecule has 0 unspecified atom stereocenters. The van der Waals surface area contributed by atoms with Crippen LogP contribution in [0.15, 0.2) is 9.59 Å². The van der Waals surface area contributed by atoms with Gasteiger partial charge in [0.15, 0.2) is 0 Å². The molecule has 0 saturated carbocycles. The van der Waals surface area contributed by atoms with Crippen molar-refractivity contribution < 1.29 is 4.74 Å². The van der Waals surface area contributed by atoms with Crippen LogP contribution in [-0.2, 0) is 7.05 Å². The highest BCUT2D eigenvalue weighted by Gasteiger charge is 2.01. The number of ether oxygens (including phenoxy) is 1. The SMILES string of the molecule is COc1nn(C)c(=O)[nH]c1=O. The van der Waals surface area contributed by atoms with Crippen LogP contribution in [0.2, 0.25) is 0 Å². The Hall–Kier alpha value is -1.59. The molecule has 0 bridgehead atoms. The van der Waals surface area contributed by atoms with E-state index in [-0.39, 0.29) is 5.88 Å². The summed E-state index contributed by atoms with van der Waals surface area (Å²) in [5.41, 5.74) is -1.17. The summed E-state index contributed by atoms with van der Waals surface area (Å²) in [6.45, 7) is 0. The van der Waals surface area contributed by atoms with Crippen molar-refractivity contribution >= 4 is 0 Å². The van der Waals surface area contributed by atoms with Crippen LogP contribution in [-0.4, -0.2) is 21.9 Å². The van der Waals surface area contributed by atoms with E-state index < -0.39 is 11.2 Å². The van der Waals surface area contributed by atoms with Crippen molar-refractivity contribution in [2.75, 3.05) is 7.11 Å².